The van der Waals surface area contributed by atoms with Crippen LogP contribution in [-0.2, 0) is 0 Å². The molecule has 0 aliphatic rings. The van der Waals surface area contributed by atoms with Crippen LogP contribution in [0.15, 0.2) is 30.5 Å². The number of ether oxygens (including phenoxy) is 1. The lowest BCUT2D eigenvalue weighted by Crippen LogP contribution is -2.14. The van der Waals surface area contributed by atoms with Crippen LogP contribution < -0.4 is 4.74 Å². The summed E-state index contributed by atoms with van der Waals surface area (Å²) in [6, 6.07) is 9.89. The van der Waals surface area contributed by atoms with Gasteiger partial charge >= 0.3 is 0 Å². The summed E-state index contributed by atoms with van der Waals surface area (Å²) >= 11 is 0. The molecule has 2 rings (SSSR count). The number of fused-ring (bicyclic) bond motifs is 1. The lowest BCUT2D eigenvalue weighted by Gasteiger charge is -2.17. The molecule has 1 heterocycles. The maximum Gasteiger partial charge on any atom is 0.148 e. The van der Waals surface area contributed by atoms with Crippen LogP contribution in [0.3, 0.4) is 0 Å². The summed E-state index contributed by atoms with van der Waals surface area (Å²) in [4.78, 5) is 4.27. The van der Waals surface area contributed by atoms with Crippen molar-refractivity contribution in [2.45, 2.75) is 32.8 Å². The summed E-state index contributed by atoms with van der Waals surface area (Å²) in [5, 5.41) is 10.1. The Balaban J connectivity index is 2.55. The smallest absolute Gasteiger partial charge is 0.148 e. The highest BCUT2D eigenvalue weighted by atomic mass is 16.5. The Kier molecular flexibility index (Phi) is 3.78. The normalized spacial score (nSPS) is 10.6. The number of nitrogens with zero attached hydrogens (tertiary/aromatic N) is 2. The van der Waals surface area contributed by atoms with E-state index in [1.165, 1.54) is 0 Å². The number of para-hydroxylation sites is 1. The SMILES string of the molecule is CCC(CC)Oc1c(C#N)cnc2ccccc12. The van der Waals surface area contributed by atoms with Gasteiger partial charge in [0.2, 0.25) is 0 Å². The second kappa shape index (κ2) is 5.50. The Hall–Kier alpha value is -2.08. The van der Waals surface area contributed by atoms with Gasteiger partial charge < -0.3 is 4.74 Å². The molecule has 0 spiro atoms. The first-order valence-electron chi connectivity index (χ1n) is 6.24. The fraction of sp³-hybridized carbons (Fsp3) is 0.333. The highest BCUT2D eigenvalue weighted by Crippen LogP contribution is 2.29. The first-order chi connectivity index (χ1) is 8.80. The van der Waals surface area contributed by atoms with E-state index in [-0.39, 0.29) is 6.10 Å². The molecule has 0 saturated carbocycles. The predicted octanol–water partition coefficient (Wildman–Crippen LogP) is 3.67. The largest absolute Gasteiger partial charge is 0.488 e. The Morgan fingerprint density at radius 1 is 1.28 bits per heavy atom. The zero-order chi connectivity index (χ0) is 13.0. The average Bonchev–Trinajstić information content (AvgIpc) is 2.44. The van der Waals surface area contributed by atoms with Crippen molar-refractivity contribution in [3.63, 3.8) is 0 Å². The van der Waals surface area contributed by atoms with Gasteiger partial charge in [-0.15, -0.1) is 0 Å². The van der Waals surface area contributed by atoms with Crippen molar-refractivity contribution in [2.75, 3.05) is 0 Å². The van der Waals surface area contributed by atoms with Gasteiger partial charge in [-0.05, 0) is 25.0 Å². The molecule has 0 bridgehead atoms. The van der Waals surface area contributed by atoms with Crippen LogP contribution in [0.4, 0.5) is 0 Å². The van der Waals surface area contributed by atoms with Gasteiger partial charge in [0.05, 0.1) is 11.6 Å². The van der Waals surface area contributed by atoms with Crippen molar-refractivity contribution in [1.29, 1.82) is 5.26 Å². The molecular formula is C15H16N2O. The van der Waals surface area contributed by atoms with Crippen molar-refractivity contribution in [1.82, 2.24) is 4.98 Å². The maximum absolute atomic E-state index is 9.17. The molecule has 18 heavy (non-hydrogen) atoms. The lowest BCUT2D eigenvalue weighted by atomic mass is 10.1. The topological polar surface area (TPSA) is 45.9 Å². The standard InChI is InChI=1S/C15H16N2O/c1-3-12(4-2)18-15-11(9-16)10-17-14-8-6-5-7-13(14)15/h5-8,10,12H,3-4H2,1-2H3. The summed E-state index contributed by atoms with van der Waals surface area (Å²) in [6.07, 6.45) is 3.58. The number of nitriles is 1. The molecule has 3 nitrogen and oxygen atoms in total. The number of hydrogen-bond acceptors (Lipinski definition) is 3. The first-order valence-corrected chi connectivity index (χ1v) is 6.24. The fourth-order valence-corrected chi connectivity index (χ4v) is 1.94. The monoisotopic (exact) mass is 240 g/mol. The van der Waals surface area contributed by atoms with Gasteiger partial charge in [-0.25, -0.2) is 0 Å². The molecule has 0 unspecified atom stereocenters. The van der Waals surface area contributed by atoms with E-state index in [2.05, 4.69) is 24.9 Å². The molecule has 1 aromatic carbocycles. The summed E-state index contributed by atoms with van der Waals surface area (Å²) in [7, 11) is 0. The molecule has 0 fully saturated rings. The van der Waals surface area contributed by atoms with Crippen LogP contribution in [0, 0.1) is 11.3 Å². The van der Waals surface area contributed by atoms with Crippen LogP contribution in [0.5, 0.6) is 5.75 Å². The van der Waals surface area contributed by atoms with Crippen LogP contribution in [0.2, 0.25) is 0 Å². The molecule has 1 aromatic heterocycles. The van der Waals surface area contributed by atoms with Crippen molar-refractivity contribution in [3.05, 3.63) is 36.0 Å². The quantitative estimate of drug-likeness (QED) is 0.819. The van der Waals surface area contributed by atoms with Crippen molar-refractivity contribution >= 4 is 10.9 Å². The zero-order valence-corrected chi connectivity index (χ0v) is 10.7. The number of aromatic nitrogens is 1. The minimum Gasteiger partial charge on any atom is -0.488 e. The first kappa shape index (κ1) is 12.4. The summed E-state index contributed by atoms with van der Waals surface area (Å²) in [6.45, 7) is 4.17. The van der Waals surface area contributed by atoms with Crippen molar-refractivity contribution in [2.24, 2.45) is 0 Å². The van der Waals surface area contributed by atoms with Gasteiger partial charge in [0.1, 0.15) is 17.4 Å². The molecule has 0 atom stereocenters. The van der Waals surface area contributed by atoms with Crippen LogP contribution in [-0.4, -0.2) is 11.1 Å². The van der Waals surface area contributed by atoms with E-state index in [0.29, 0.717) is 11.3 Å². The maximum atomic E-state index is 9.17. The van der Waals surface area contributed by atoms with Crippen LogP contribution >= 0.6 is 0 Å². The van der Waals surface area contributed by atoms with E-state index in [4.69, 9.17) is 10.00 Å². The van der Waals surface area contributed by atoms with Gasteiger partial charge in [-0.3, -0.25) is 4.98 Å². The minimum absolute atomic E-state index is 0.142. The molecule has 0 saturated heterocycles. The van der Waals surface area contributed by atoms with Crippen LogP contribution in [0.25, 0.3) is 10.9 Å². The highest BCUT2D eigenvalue weighted by molar-refractivity contribution is 5.87. The highest BCUT2D eigenvalue weighted by Gasteiger charge is 2.13. The second-order valence-corrected chi connectivity index (χ2v) is 4.19. The fourth-order valence-electron chi connectivity index (χ4n) is 1.94. The van der Waals surface area contributed by atoms with E-state index >= 15 is 0 Å². The molecule has 3 heteroatoms. The molecule has 0 amide bonds. The number of rotatable bonds is 4. The molecule has 0 N–H and O–H groups in total. The van der Waals surface area contributed by atoms with Gasteiger partial charge in [0.25, 0.3) is 0 Å². The molecular weight excluding hydrogens is 224 g/mol. The summed E-state index contributed by atoms with van der Waals surface area (Å²) < 4.78 is 5.99. The third-order valence-corrected chi connectivity index (χ3v) is 3.04. The molecule has 0 aliphatic heterocycles. The number of benzene rings is 1. The van der Waals surface area contributed by atoms with Crippen LogP contribution in [0.1, 0.15) is 32.3 Å². The predicted molar refractivity (Wildman–Crippen MR) is 71.5 cm³/mol. The summed E-state index contributed by atoms with van der Waals surface area (Å²) in [5.74, 6) is 0.664. The lowest BCUT2D eigenvalue weighted by molar-refractivity contribution is 0.195. The van der Waals surface area contributed by atoms with E-state index in [1.807, 2.05) is 24.3 Å². The zero-order valence-electron chi connectivity index (χ0n) is 10.7. The Bertz CT molecular complexity index is 583. The van der Waals surface area contributed by atoms with Crippen molar-refractivity contribution < 1.29 is 4.74 Å². The third-order valence-electron chi connectivity index (χ3n) is 3.04. The summed E-state index contributed by atoms with van der Waals surface area (Å²) in [5.41, 5.74) is 1.36. The second-order valence-electron chi connectivity index (χ2n) is 4.19. The molecule has 2 aromatic rings. The number of hydrogen-bond donors (Lipinski definition) is 0. The molecule has 0 aliphatic carbocycles. The van der Waals surface area contributed by atoms with Gasteiger partial charge in [0.15, 0.2) is 0 Å². The van der Waals surface area contributed by atoms with Gasteiger partial charge in [0, 0.05) is 11.6 Å². The Morgan fingerprint density at radius 3 is 2.67 bits per heavy atom. The Labute approximate surface area is 107 Å². The van der Waals surface area contributed by atoms with E-state index in [1.54, 1.807) is 6.20 Å². The van der Waals surface area contributed by atoms with Gasteiger partial charge in [-0.2, -0.15) is 5.26 Å². The van der Waals surface area contributed by atoms with E-state index < -0.39 is 0 Å². The average molecular weight is 240 g/mol. The van der Waals surface area contributed by atoms with E-state index in [9.17, 15) is 0 Å². The minimum atomic E-state index is 0.142. The molecule has 92 valence electrons. The van der Waals surface area contributed by atoms with Gasteiger partial charge in [-0.1, -0.05) is 26.0 Å². The Morgan fingerprint density at radius 2 is 2.00 bits per heavy atom. The van der Waals surface area contributed by atoms with E-state index in [0.717, 1.165) is 23.7 Å². The number of pyridine rings is 1. The third kappa shape index (κ3) is 2.28. The molecule has 0 radical (unpaired) electrons. The van der Waals surface area contributed by atoms with Crippen molar-refractivity contribution in [3.8, 4) is 11.8 Å².